The summed E-state index contributed by atoms with van der Waals surface area (Å²) >= 11 is 0. The van der Waals surface area contributed by atoms with Gasteiger partial charge in [-0.1, -0.05) is 26.0 Å². The molecule has 0 fully saturated rings. The molecule has 0 bridgehead atoms. The predicted octanol–water partition coefficient (Wildman–Crippen LogP) is 2.41. The van der Waals surface area contributed by atoms with Gasteiger partial charge in [0, 0.05) is 13.1 Å². The molecule has 0 unspecified atom stereocenters. The standard InChI is InChI=1S/C19H25N5O2/c1-19(2,12-24(3)4)11-21-17-16(13(10-20)18(25)26-5)22-14-8-6-7-9-15(14)23-17/h6-9,13H,11-12H2,1-5H3,(H,21,23)/t13-/m0/s1. The SMILES string of the molecule is COC(=O)[C@@H](C#N)c1nc2ccccc2nc1NCC(C)(C)CN(C)C. The van der Waals surface area contributed by atoms with Crippen molar-refractivity contribution in [2.75, 3.05) is 39.6 Å². The zero-order chi connectivity index (χ0) is 19.3. The lowest BCUT2D eigenvalue weighted by Crippen LogP contribution is -2.35. The third-order valence-corrected chi connectivity index (χ3v) is 3.92. The van der Waals surface area contributed by atoms with E-state index >= 15 is 0 Å². The van der Waals surface area contributed by atoms with Gasteiger partial charge in [-0.2, -0.15) is 5.26 Å². The Labute approximate surface area is 154 Å². The number of esters is 1. The number of hydrogen-bond acceptors (Lipinski definition) is 7. The number of para-hydroxylation sites is 2. The van der Waals surface area contributed by atoms with Crippen molar-refractivity contribution in [2.45, 2.75) is 19.8 Å². The Morgan fingerprint density at radius 2 is 1.92 bits per heavy atom. The largest absolute Gasteiger partial charge is 0.468 e. The number of nitrogens with zero attached hydrogens (tertiary/aromatic N) is 4. The van der Waals surface area contributed by atoms with Gasteiger partial charge in [-0.05, 0) is 31.6 Å². The maximum Gasteiger partial charge on any atom is 0.329 e. The second kappa shape index (κ2) is 8.11. The van der Waals surface area contributed by atoms with Gasteiger partial charge in [-0.25, -0.2) is 9.97 Å². The number of nitriles is 1. The van der Waals surface area contributed by atoms with E-state index in [1.807, 2.05) is 38.4 Å². The zero-order valence-electron chi connectivity index (χ0n) is 15.9. The molecule has 2 rings (SSSR count). The number of rotatable bonds is 7. The van der Waals surface area contributed by atoms with Crippen molar-refractivity contribution in [3.8, 4) is 6.07 Å². The molecule has 0 aliphatic carbocycles. The molecule has 7 nitrogen and oxygen atoms in total. The van der Waals surface area contributed by atoms with Crippen molar-refractivity contribution in [3.63, 3.8) is 0 Å². The molecule has 0 aliphatic rings. The fourth-order valence-electron chi connectivity index (χ4n) is 2.92. The fourth-order valence-corrected chi connectivity index (χ4v) is 2.92. The number of ether oxygens (including phenoxy) is 1. The Balaban J connectivity index is 2.44. The smallest absolute Gasteiger partial charge is 0.329 e. The highest BCUT2D eigenvalue weighted by Crippen LogP contribution is 2.26. The minimum Gasteiger partial charge on any atom is -0.468 e. The van der Waals surface area contributed by atoms with Crippen LogP contribution in [0.5, 0.6) is 0 Å². The van der Waals surface area contributed by atoms with E-state index in [1.54, 1.807) is 6.07 Å². The number of carbonyl (C=O) groups excluding carboxylic acids is 1. The van der Waals surface area contributed by atoms with Crippen LogP contribution < -0.4 is 5.32 Å². The Hall–Kier alpha value is -2.72. The molecule has 1 aromatic carbocycles. The van der Waals surface area contributed by atoms with Gasteiger partial charge in [-0.15, -0.1) is 0 Å². The Morgan fingerprint density at radius 3 is 2.46 bits per heavy atom. The Bertz CT molecular complexity index is 826. The molecule has 7 heteroatoms. The first-order valence-corrected chi connectivity index (χ1v) is 8.40. The molecule has 26 heavy (non-hydrogen) atoms. The molecule has 1 heterocycles. The van der Waals surface area contributed by atoms with Crippen LogP contribution in [0.3, 0.4) is 0 Å². The summed E-state index contributed by atoms with van der Waals surface area (Å²) in [5.41, 5.74) is 1.58. The van der Waals surface area contributed by atoms with Crippen LogP contribution in [0.25, 0.3) is 11.0 Å². The van der Waals surface area contributed by atoms with E-state index in [0.717, 1.165) is 6.54 Å². The summed E-state index contributed by atoms with van der Waals surface area (Å²) in [6.45, 7) is 5.76. The average molecular weight is 355 g/mol. The fraction of sp³-hybridized carbons (Fsp3) is 0.474. The molecule has 0 saturated heterocycles. The number of nitrogens with one attached hydrogen (secondary N) is 1. The molecule has 0 aliphatic heterocycles. The van der Waals surface area contributed by atoms with Crippen molar-refractivity contribution in [2.24, 2.45) is 5.41 Å². The molecule has 138 valence electrons. The van der Waals surface area contributed by atoms with Gasteiger partial charge in [0.15, 0.2) is 11.7 Å². The first kappa shape index (κ1) is 19.6. The van der Waals surface area contributed by atoms with Crippen molar-refractivity contribution in [1.29, 1.82) is 5.26 Å². The number of carbonyl (C=O) groups is 1. The Kier molecular flexibility index (Phi) is 6.11. The lowest BCUT2D eigenvalue weighted by Gasteiger charge is -2.29. The average Bonchev–Trinajstić information content (AvgIpc) is 2.59. The predicted molar refractivity (Wildman–Crippen MR) is 101 cm³/mol. The third kappa shape index (κ3) is 4.67. The summed E-state index contributed by atoms with van der Waals surface area (Å²) in [4.78, 5) is 23.3. The highest BCUT2D eigenvalue weighted by Gasteiger charge is 2.28. The summed E-state index contributed by atoms with van der Waals surface area (Å²) in [6, 6.07) is 9.34. The molecule has 0 spiro atoms. The van der Waals surface area contributed by atoms with E-state index < -0.39 is 11.9 Å². The molecule has 0 saturated carbocycles. The monoisotopic (exact) mass is 355 g/mol. The maximum atomic E-state index is 12.0. The molecular weight excluding hydrogens is 330 g/mol. The molecule has 1 N–H and O–H groups in total. The van der Waals surface area contributed by atoms with Gasteiger partial charge in [0.25, 0.3) is 0 Å². The van der Waals surface area contributed by atoms with Crippen LogP contribution in [0.1, 0.15) is 25.5 Å². The molecule has 0 amide bonds. The van der Waals surface area contributed by atoms with Gasteiger partial charge in [-0.3, -0.25) is 4.79 Å². The summed E-state index contributed by atoms with van der Waals surface area (Å²) in [5, 5.41) is 12.8. The summed E-state index contributed by atoms with van der Waals surface area (Å²) in [7, 11) is 5.30. The van der Waals surface area contributed by atoms with Crippen LogP contribution in [0, 0.1) is 16.7 Å². The van der Waals surface area contributed by atoms with Crippen molar-refractivity contribution in [3.05, 3.63) is 30.0 Å². The molecule has 1 atom stereocenters. The number of methoxy groups -OCH3 is 1. The van der Waals surface area contributed by atoms with Crippen LogP contribution in [0.2, 0.25) is 0 Å². The van der Waals surface area contributed by atoms with E-state index in [9.17, 15) is 10.1 Å². The lowest BCUT2D eigenvalue weighted by molar-refractivity contribution is -0.141. The third-order valence-electron chi connectivity index (χ3n) is 3.92. The van der Waals surface area contributed by atoms with Gasteiger partial charge < -0.3 is 15.0 Å². The maximum absolute atomic E-state index is 12.0. The van der Waals surface area contributed by atoms with Gasteiger partial charge in [0.05, 0.1) is 24.2 Å². The van der Waals surface area contributed by atoms with Crippen molar-refractivity contribution >= 4 is 22.8 Å². The van der Waals surface area contributed by atoms with Crippen LogP contribution in [0.15, 0.2) is 24.3 Å². The van der Waals surface area contributed by atoms with Crippen LogP contribution in [-0.4, -0.2) is 55.1 Å². The lowest BCUT2D eigenvalue weighted by atomic mass is 9.93. The molecule has 1 aromatic heterocycles. The normalized spacial score (nSPS) is 12.7. The van der Waals surface area contributed by atoms with Crippen LogP contribution >= 0.6 is 0 Å². The van der Waals surface area contributed by atoms with E-state index in [2.05, 4.69) is 34.0 Å². The van der Waals surface area contributed by atoms with E-state index in [-0.39, 0.29) is 5.41 Å². The van der Waals surface area contributed by atoms with E-state index in [1.165, 1.54) is 7.11 Å². The Morgan fingerprint density at radius 1 is 1.31 bits per heavy atom. The number of aromatic nitrogens is 2. The van der Waals surface area contributed by atoms with Crippen molar-refractivity contribution in [1.82, 2.24) is 14.9 Å². The summed E-state index contributed by atoms with van der Waals surface area (Å²) in [5.74, 6) is -1.34. The highest BCUT2D eigenvalue weighted by atomic mass is 16.5. The van der Waals surface area contributed by atoms with E-state index in [4.69, 9.17) is 4.74 Å². The number of benzene rings is 1. The second-order valence-corrected chi connectivity index (χ2v) is 7.29. The van der Waals surface area contributed by atoms with Gasteiger partial charge >= 0.3 is 5.97 Å². The molecular formula is C19H25N5O2. The minimum atomic E-state index is -1.13. The van der Waals surface area contributed by atoms with E-state index in [0.29, 0.717) is 29.1 Å². The zero-order valence-corrected chi connectivity index (χ0v) is 15.9. The highest BCUT2D eigenvalue weighted by molar-refractivity contribution is 5.84. The van der Waals surface area contributed by atoms with Crippen molar-refractivity contribution < 1.29 is 9.53 Å². The molecule has 2 aromatic rings. The van der Waals surface area contributed by atoms with Crippen LogP contribution in [0.4, 0.5) is 5.82 Å². The number of anilines is 1. The van der Waals surface area contributed by atoms with Crippen LogP contribution in [-0.2, 0) is 9.53 Å². The minimum absolute atomic E-state index is 0.0402. The topological polar surface area (TPSA) is 91.1 Å². The number of fused-ring (bicyclic) bond motifs is 1. The number of hydrogen-bond donors (Lipinski definition) is 1. The quantitative estimate of drug-likeness (QED) is 0.763. The molecule has 0 radical (unpaired) electrons. The summed E-state index contributed by atoms with van der Waals surface area (Å²) < 4.78 is 4.76. The van der Waals surface area contributed by atoms with Gasteiger partial charge in [0.1, 0.15) is 5.69 Å². The van der Waals surface area contributed by atoms with Gasteiger partial charge in [0.2, 0.25) is 0 Å². The first-order chi connectivity index (χ1) is 12.3. The first-order valence-electron chi connectivity index (χ1n) is 8.40. The second-order valence-electron chi connectivity index (χ2n) is 7.29. The summed E-state index contributed by atoms with van der Waals surface area (Å²) in [6.07, 6.45) is 0.